The van der Waals surface area contributed by atoms with Crippen LogP contribution in [0.3, 0.4) is 0 Å². The van der Waals surface area contributed by atoms with Crippen LogP contribution in [0.15, 0.2) is 12.3 Å². The van der Waals surface area contributed by atoms with Crippen LogP contribution in [-0.2, 0) is 16.1 Å². The summed E-state index contributed by atoms with van der Waals surface area (Å²) in [6, 6.07) is 1.90. The fourth-order valence-corrected chi connectivity index (χ4v) is 2.77. The van der Waals surface area contributed by atoms with Gasteiger partial charge in [-0.25, -0.2) is 9.97 Å². The van der Waals surface area contributed by atoms with E-state index >= 15 is 0 Å². The van der Waals surface area contributed by atoms with Crippen molar-refractivity contribution in [3.8, 4) is 0 Å². The number of hydrogen-bond donors (Lipinski definition) is 0. The molecule has 1 spiro atoms. The molecule has 2 aliphatic heterocycles. The van der Waals surface area contributed by atoms with Crippen LogP contribution in [0.25, 0.3) is 0 Å². The van der Waals surface area contributed by atoms with Gasteiger partial charge in [0.1, 0.15) is 0 Å². The monoisotopic (exact) mass is 249 g/mol. The molecule has 5 heteroatoms. The van der Waals surface area contributed by atoms with Crippen LogP contribution < -0.4 is 4.90 Å². The van der Waals surface area contributed by atoms with E-state index in [1.165, 1.54) is 12.8 Å². The van der Waals surface area contributed by atoms with Crippen molar-refractivity contribution in [3.05, 3.63) is 18.0 Å². The number of rotatable bonds is 3. The van der Waals surface area contributed by atoms with Gasteiger partial charge in [0.25, 0.3) is 0 Å². The molecule has 18 heavy (non-hydrogen) atoms. The summed E-state index contributed by atoms with van der Waals surface area (Å²) in [5.41, 5.74) is 1.30. The number of piperidine rings is 1. The molecule has 0 atom stereocenters. The van der Waals surface area contributed by atoms with Gasteiger partial charge in [0.2, 0.25) is 5.95 Å². The van der Waals surface area contributed by atoms with E-state index < -0.39 is 0 Å². The summed E-state index contributed by atoms with van der Waals surface area (Å²) < 4.78 is 10.5. The molecule has 2 fully saturated rings. The number of aromatic nitrogens is 2. The summed E-state index contributed by atoms with van der Waals surface area (Å²) in [6.07, 6.45) is 4.28. The van der Waals surface area contributed by atoms with Crippen LogP contribution in [0.2, 0.25) is 0 Å². The van der Waals surface area contributed by atoms with E-state index in [0.717, 1.165) is 37.9 Å². The molecule has 0 aliphatic carbocycles. The zero-order chi connectivity index (χ0) is 12.4. The second-order valence-corrected chi connectivity index (χ2v) is 5.30. The molecule has 5 nitrogen and oxygen atoms in total. The first kappa shape index (κ1) is 11.9. The van der Waals surface area contributed by atoms with E-state index in [4.69, 9.17) is 9.47 Å². The first-order chi connectivity index (χ1) is 8.81. The Morgan fingerprint density at radius 1 is 1.50 bits per heavy atom. The SMILES string of the molecule is COCc1ccnc(N2CCCC3(COC3)C2)n1. The van der Waals surface area contributed by atoms with Crippen LogP contribution in [0, 0.1) is 5.41 Å². The minimum atomic E-state index is 0.360. The summed E-state index contributed by atoms with van der Waals surface area (Å²) in [5, 5.41) is 0. The Morgan fingerprint density at radius 2 is 2.39 bits per heavy atom. The Morgan fingerprint density at radius 3 is 3.11 bits per heavy atom. The molecule has 0 N–H and O–H groups in total. The van der Waals surface area contributed by atoms with E-state index in [-0.39, 0.29) is 0 Å². The predicted octanol–water partition coefficient (Wildman–Crippen LogP) is 1.24. The number of nitrogens with zero attached hydrogens (tertiary/aromatic N) is 3. The van der Waals surface area contributed by atoms with E-state index in [1.807, 2.05) is 12.3 Å². The quantitative estimate of drug-likeness (QED) is 0.806. The Hall–Kier alpha value is -1.20. The standard InChI is InChI=1S/C13H19N3O2/c1-17-7-11-3-5-14-12(15-11)16-6-2-4-13(8-16)9-18-10-13/h3,5H,2,4,6-10H2,1H3. The van der Waals surface area contributed by atoms with Crippen LogP contribution in [0.4, 0.5) is 5.95 Å². The number of ether oxygens (including phenoxy) is 2. The van der Waals surface area contributed by atoms with Gasteiger partial charge in [0, 0.05) is 31.8 Å². The highest BCUT2D eigenvalue weighted by Gasteiger charge is 2.42. The van der Waals surface area contributed by atoms with Gasteiger partial charge in [-0.15, -0.1) is 0 Å². The molecule has 0 bridgehead atoms. The zero-order valence-electron chi connectivity index (χ0n) is 10.8. The summed E-state index contributed by atoms with van der Waals surface area (Å²) in [5.74, 6) is 0.829. The molecule has 98 valence electrons. The minimum absolute atomic E-state index is 0.360. The van der Waals surface area contributed by atoms with Gasteiger partial charge in [-0.3, -0.25) is 0 Å². The average molecular weight is 249 g/mol. The molecule has 0 amide bonds. The van der Waals surface area contributed by atoms with Gasteiger partial charge >= 0.3 is 0 Å². The van der Waals surface area contributed by atoms with Gasteiger partial charge in [0.05, 0.1) is 25.5 Å². The van der Waals surface area contributed by atoms with E-state index in [1.54, 1.807) is 7.11 Å². The van der Waals surface area contributed by atoms with Crippen molar-refractivity contribution in [2.75, 3.05) is 38.3 Å². The topological polar surface area (TPSA) is 47.5 Å². The van der Waals surface area contributed by atoms with E-state index in [0.29, 0.717) is 12.0 Å². The van der Waals surface area contributed by atoms with Crippen LogP contribution in [-0.4, -0.2) is 43.4 Å². The van der Waals surface area contributed by atoms with Gasteiger partial charge in [-0.1, -0.05) is 0 Å². The van der Waals surface area contributed by atoms with Gasteiger partial charge < -0.3 is 14.4 Å². The first-order valence-corrected chi connectivity index (χ1v) is 6.45. The Labute approximate surface area is 107 Å². The van der Waals surface area contributed by atoms with Crippen LogP contribution in [0.1, 0.15) is 18.5 Å². The molecule has 2 saturated heterocycles. The lowest BCUT2D eigenvalue weighted by Crippen LogP contribution is -2.54. The molecule has 0 aromatic carbocycles. The van der Waals surface area contributed by atoms with E-state index in [2.05, 4.69) is 14.9 Å². The van der Waals surface area contributed by atoms with Crippen molar-refractivity contribution in [1.82, 2.24) is 9.97 Å². The maximum Gasteiger partial charge on any atom is 0.225 e. The molecule has 0 radical (unpaired) electrons. The Kier molecular flexibility index (Phi) is 3.18. The molecule has 2 aliphatic rings. The van der Waals surface area contributed by atoms with Gasteiger partial charge in [0.15, 0.2) is 0 Å². The highest BCUT2D eigenvalue weighted by atomic mass is 16.5. The smallest absolute Gasteiger partial charge is 0.225 e. The molecule has 0 saturated carbocycles. The zero-order valence-corrected chi connectivity index (χ0v) is 10.8. The number of anilines is 1. The van der Waals surface area contributed by atoms with E-state index in [9.17, 15) is 0 Å². The van der Waals surface area contributed by atoms with Crippen LogP contribution in [0.5, 0.6) is 0 Å². The molecule has 0 unspecified atom stereocenters. The fourth-order valence-electron chi connectivity index (χ4n) is 2.77. The normalized spacial score (nSPS) is 21.9. The lowest BCUT2D eigenvalue weighted by Gasteiger charge is -2.48. The first-order valence-electron chi connectivity index (χ1n) is 6.45. The predicted molar refractivity (Wildman–Crippen MR) is 67.4 cm³/mol. The number of hydrogen-bond acceptors (Lipinski definition) is 5. The second-order valence-electron chi connectivity index (χ2n) is 5.30. The fraction of sp³-hybridized carbons (Fsp3) is 0.692. The maximum absolute atomic E-state index is 5.37. The second kappa shape index (κ2) is 4.82. The summed E-state index contributed by atoms with van der Waals surface area (Å²) >= 11 is 0. The third kappa shape index (κ3) is 2.20. The lowest BCUT2D eigenvalue weighted by atomic mass is 9.78. The third-order valence-electron chi connectivity index (χ3n) is 3.75. The summed E-state index contributed by atoms with van der Waals surface area (Å²) in [4.78, 5) is 11.2. The average Bonchev–Trinajstić information content (AvgIpc) is 2.38. The van der Waals surface area contributed by atoms with Crippen molar-refractivity contribution >= 4 is 5.95 Å². The highest BCUT2D eigenvalue weighted by molar-refractivity contribution is 5.32. The van der Waals surface area contributed by atoms with Crippen molar-refractivity contribution in [2.24, 2.45) is 5.41 Å². The van der Waals surface area contributed by atoms with Crippen molar-refractivity contribution in [2.45, 2.75) is 19.4 Å². The summed E-state index contributed by atoms with van der Waals surface area (Å²) in [7, 11) is 1.68. The van der Waals surface area contributed by atoms with Gasteiger partial charge in [-0.05, 0) is 18.9 Å². The molecule has 3 rings (SSSR count). The highest BCUT2D eigenvalue weighted by Crippen LogP contribution is 2.37. The molecular weight excluding hydrogens is 230 g/mol. The Bertz CT molecular complexity index is 420. The minimum Gasteiger partial charge on any atom is -0.380 e. The van der Waals surface area contributed by atoms with Gasteiger partial charge in [-0.2, -0.15) is 0 Å². The Balaban J connectivity index is 1.75. The largest absolute Gasteiger partial charge is 0.380 e. The van der Waals surface area contributed by atoms with Crippen molar-refractivity contribution in [3.63, 3.8) is 0 Å². The maximum atomic E-state index is 5.37. The molecular formula is C13H19N3O2. The van der Waals surface area contributed by atoms with Crippen molar-refractivity contribution in [1.29, 1.82) is 0 Å². The lowest BCUT2D eigenvalue weighted by molar-refractivity contribution is -0.118. The number of methoxy groups -OCH3 is 1. The third-order valence-corrected chi connectivity index (χ3v) is 3.75. The molecule has 1 aromatic heterocycles. The van der Waals surface area contributed by atoms with Crippen molar-refractivity contribution < 1.29 is 9.47 Å². The van der Waals surface area contributed by atoms with Crippen LogP contribution >= 0.6 is 0 Å². The summed E-state index contributed by atoms with van der Waals surface area (Å²) in [6.45, 7) is 4.38. The molecule has 1 aromatic rings. The molecule has 3 heterocycles.